The zero-order valence-corrected chi connectivity index (χ0v) is 12.2. The average Bonchev–Trinajstić information content (AvgIpc) is 2.84. The maximum absolute atomic E-state index is 13.2. The second kappa shape index (κ2) is 5.69. The topological polar surface area (TPSA) is 63.6 Å². The van der Waals surface area contributed by atoms with Crippen molar-refractivity contribution in [3.05, 3.63) is 52.3 Å². The van der Waals surface area contributed by atoms with Gasteiger partial charge in [-0.05, 0) is 24.6 Å². The van der Waals surface area contributed by atoms with Crippen LogP contribution >= 0.6 is 11.8 Å². The van der Waals surface area contributed by atoms with E-state index >= 15 is 0 Å². The van der Waals surface area contributed by atoms with Crippen molar-refractivity contribution in [2.24, 2.45) is 0 Å². The van der Waals surface area contributed by atoms with Gasteiger partial charge < -0.3 is 9.55 Å². The molecule has 7 heteroatoms. The van der Waals surface area contributed by atoms with Gasteiger partial charge in [-0.1, -0.05) is 23.9 Å². The quantitative estimate of drug-likeness (QED) is 0.752. The fraction of sp³-hybridized carbons (Fsp3) is 0.214. The number of H-pyrrole nitrogens is 1. The average molecular weight is 304 g/mol. The first-order valence-electron chi connectivity index (χ1n) is 6.50. The number of benzene rings is 1. The molecule has 0 aliphatic heterocycles. The lowest BCUT2D eigenvalue weighted by atomic mass is 10.2. The maximum atomic E-state index is 13.2. The van der Waals surface area contributed by atoms with Crippen LogP contribution in [0.5, 0.6) is 0 Å². The summed E-state index contributed by atoms with van der Waals surface area (Å²) in [7, 11) is 0. The third-order valence-corrected chi connectivity index (χ3v) is 4.12. The van der Waals surface area contributed by atoms with Gasteiger partial charge in [0.15, 0.2) is 16.3 Å². The molecule has 108 valence electrons. The Hall–Kier alpha value is -2.15. The Morgan fingerprint density at radius 2 is 2.29 bits per heavy atom. The van der Waals surface area contributed by atoms with Crippen LogP contribution in [0.4, 0.5) is 4.39 Å². The number of halogens is 1. The van der Waals surface area contributed by atoms with Gasteiger partial charge in [0.05, 0.1) is 6.33 Å². The Labute approximate surface area is 124 Å². The molecule has 21 heavy (non-hydrogen) atoms. The number of fused-ring (bicyclic) bond motifs is 1. The van der Waals surface area contributed by atoms with E-state index in [1.54, 1.807) is 6.07 Å². The Morgan fingerprint density at radius 3 is 3.05 bits per heavy atom. The summed E-state index contributed by atoms with van der Waals surface area (Å²) in [4.78, 5) is 22.8. The first kappa shape index (κ1) is 13.8. The molecule has 0 saturated heterocycles. The van der Waals surface area contributed by atoms with Crippen molar-refractivity contribution in [1.29, 1.82) is 0 Å². The Bertz CT molecular complexity index is 842. The number of hydrogen-bond donors (Lipinski definition) is 1. The smallest absolute Gasteiger partial charge is 0.278 e. The van der Waals surface area contributed by atoms with Crippen LogP contribution in [0.25, 0.3) is 11.2 Å². The summed E-state index contributed by atoms with van der Waals surface area (Å²) in [5.41, 5.74) is 1.53. The van der Waals surface area contributed by atoms with Crippen molar-refractivity contribution < 1.29 is 4.39 Å². The highest BCUT2D eigenvalue weighted by Gasteiger charge is 2.13. The second-order valence-electron chi connectivity index (χ2n) is 4.46. The number of aryl methyl sites for hydroxylation is 1. The monoisotopic (exact) mass is 304 g/mol. The summed E-state index contributed by atoms with van der Waals surface area (Å²) >= 11 is 1.46. The number of thioether (sulfide) groups is 1. The molecular weight excluding hydrogens is 291 g/mol. The summed E-state index contributed by atoms with van der Waals surface area (Å²) in [6.45, 7) is 2.63. The largest absolute Gasteiger partial charge is 0.311 e. The summed E-state index contributed by atoms with van der Waals surface area (Å²) in [5.74, 6) is 0.328. The number of imidazole rings is 1. The predicted octanol–water partition coefficient (Wildman–Crippen LogP) is 2.57. The molecule has 0 radical (unpaired) electrons. The molecule has 1 aromatic carbocycles. The van der Waals surface area contributed by atoms with Crippen LogP contribution in [-0.4, -0.2) is 19.5 Å². The minimum Gasteiger partial charge on any atom is -0.311 e. The summed E-state index contributed by atoms with van der Waals surface area (Å²) < 4.78 is 15.1. The van der Waals surface area contributed by atoms with Crippen molar-refractivity contribution in [3.63, 3.8) is 0 Å². The molecule has 0 aliphatic carbocycles. The van der Waals surface area contributed by atoms with Crippen molar-refractivity contribution in [3.8, 4) is 0 Å². The van der Waals surface area contributed by atoms with Crippen LogP contribution in [0, 0.1) is 5.82 Å². The molecular formula is C14H13FN4OS. The van der Waals surface area contributed by atoms with Gasteiger partial charge in [-0.25, -0.2) is 14.4 Å². The lowest BCUT2D eigenvalue weighted by Gasteiger charge is -2.05. The SMILES string of the molecule is CCn1c(SCc2cccc(F)c2)nc2c(=O)[nH]cnc21. The number of rotatable bonds is 4. The minimum absolute atomic E-state index is 0.250. The zero-order valence-electron chi connectivity index (χ0n) is 11.3. The zero-order chi connectivity index (χ0) is 14.8. The number of aromatic nitrogens is 4. The minimum atomic E-state index is -0.254. The number of nitrogens with one attached hydrogen (secondary N) is 1. The third kappa shape index (κ3) is 2.69. The van der Waals surface area contributed by atoms with Crippen molar-refractivity contribution >= 4 is 22.9 Å². The number of aromatic amines is 1. The molecule has 5 nitrogen and oxygen atoms in total. The Kier molecular flexibility index (Phi) is 3.74. The lowest BCUT2D eigenvalue weighted by molar-refractivity contribution is 0.626. The molecule has 0 bridgehead atoms. The van der Waals surface area contributed by atoms with Gasteiger partial charge >= 0.3 is 0 Å². The molecule has 0 aliphatic rings. The molecule has 0 amide bonds. The van der Waals surface area contributed by atoms with E-state index < -0.39 is 0 Å². The molecule has 1 N–H and O–H groups in total. The molecule has 0 unspecified atom stereocenters. The van der Waals surface area contributed by atoms with Crippen LogP contribution in [0.15, 0.2) is 40.5 Å². The van der Waals surface area contributed by atoms with E-state index in [0.717, 1.165) is 5.56 Å². The molecule has 0 spiro atoms. The van der Waals surface area contributed by atoms with Crippen LogP contribution in [0.3, 0.4) is 0 Å². The maximum Gasteiger partial charge on any atom is 0.278 e. The molecule has 2 heterocycles. The molecule has 2 aromatic heterocycles. The first-order valence-corrected chi connectivity index (χ1v) is 7.48. The van der Waals surface area contributed by atoms with Gasteiger partial charge in [0, 0.05) is 12.3 Å². The van der Waals surface area contributed by atoms with Crippen LogP contribution in [-0.2, 0) is 12.3 Å². The Balaban J connectivity index is 1.93. The van der Waals surface area contributed by atoms with E-state index in [1.807, 2.05) is 17.6 Å². The van der Waals surface area contributed by atoms with Crippen molar-refractivity contribution in [2.45, 2.75) is 24.4 Å². The fourth-order valence-corrected chi connectivity index (χ4v) is 3.10. The standard InChI is InChI=1S/C14H13FN4OS/c1-2-19-12-11(13(20)17-8-16-12)18-14(19)21-7-9-4-3-5-10(15)6-9/h3-6,8H,2,7H2,1H3,(H,16,17,20). The van der Waals surface area contributed by atoms with Crippen LogP contribution in [0.1, 0.15) is 12.5 Å². The molecule has 3 aromatic rings. The highest BCUT2D eigenvalue weighted by molar-refractivity contribution is 7.98. The highest BCUT2D eigenvalue weighted by atomic mass is 32.2. The normalized spacial score (nSPS) is 11.1. The van der Waals surface area contributed by atoms with Gasteiger partial charge in [0.1, 0.15) is 5.82 Å². The van der Waals surface area contributed by atoms with Gasteiger partial charge in [-0.15, -0.1) is 0 Å². The summed E-state index contributed by atoms with van der Waals surface area (Å²) in [5, 5.41) is 0.709. The third-order valence-electron chi connectivity index (χ3n) is 3.08. The number of hydrogen-bond acceptors (Lipinski definition) is 4. The molecule has 0 fully saturated rings. The van der Waals surface area contributed by atoms with Crippen molar-refractivity contribution in [1.82, 2.24) is 19.5 Å². The van der Waals surface area contributed by atoms with E-state index in [-0.39, 0.29) is 11.4 Å². The predicted molar refractivity (Wildman–Crippen MR) is 79.8 cm³/mol. The van der Waals surface area contributed by atoms with Gasteiger partial charge in [-0.3, -0.25) is 4.79 Å². The highest BCUT2D eigenvalue weighted by Crippen LogP contribution is 2.24. The van der Waals surface area contributed by atoms with Crippen LogP contribution in [0.2, 0.25) is 0 Å². The second-order valence-corrected chi connectivity index (χ2v) is 5.40. The van der Waals surface area contributed by atoms with E-state index in [0.29, 0.717) is 28.6 Å². The van der Waals surface area contributed by atoms with Gasteiger partial charge in [0.25, 0.3) is 5.56 Å². The summed E-state index contributed by atoms with van der Waals surface area (Å²) in [6, 6.07) is 6.45. The van der Waals surface area contributed by atoms with Crippen molar-refractivity contribution in [2.75, 3.05) is 0 Å². The van der Waals surface area contributed by atoms with E-state index in [9.17, 15) is 9.18 Å². The number of nitrogens with zero attached hydrogens (tertiary/aromatic N) is 3. The van der Waals surface area contributed by atoms with Crippen LogP contribution < -0.4 is 5.56 Å². The van der Waals surface area contributed by atoms with E-state index in [1.165, 1.54) is 30.2 Å². The fourth-order valence-electron chi connectivity index (χ4n) is 2.10. The van der Waals surface area contributed by atoms with E-state index in [4.69, 9.17) is 0 Å². The van der Waals surface area contributed by atoms with E-state index in [2.05, 4.69) is 15.0 Å². The molecule has 0 saturated carbocycles. The Morgan fingerprint density at radius 1 is 1.43 bits per heavy atom. The molecule has 0 atom stereocenters. The van der Waals surface area contributed by atoms with Gasteiger partial charge in [0.2, 0.25) is 0 Å². The lowest BCUT2D eigenvalue weighted by Crippen LogP contribution is -2.07. The summed E-state index contributed by atoms with van der Waals surface area (Å²) in [6.07, 6.45) is 1.37. The van der Waals surface area contributed by atoms with Gasteiger partial charge in [-0.2, -0.15) is 0 Å². The molecule has 3 rings (SSSR count). The first-order chi connectivity index (χ1) is 10.2.